The van der Waals surface area contributed by atoms with Crippen LogP contribution >= 0.6 is 11.3 Å². The molecule has 4 nitrogen and oxygen atoms in total. The minimum absolute atomic E-state index is 0.302. The first-order valence-electron chi connectivity index (χ1n) is 8.58. The Morgan fingerprint density at radius 1 is 0.964 bits per heavy atom. The van der Waals surface area contributed by atoms with Crippen LogP contribution in [-0.4, -0.2) is 21.5 Å². The first-order valence-corrected chi connectivity index (χ1v) is 9.39. The van der Waals surface area contributed by atoms with Crippen LogP contribution in [0.5, 0.6) is 0 Å². The maximum absolute atomic E-state index is 13.2. The molecule has 0 bridgehead atoms. The maximum Gasteiger partial charge on any atom is 0.425 e. The van der Waals surface area contributed by atoms with Gasteiger partial charge in [0.2, 0.25) is 0 Å². The normalized spacial score (nSPS) is 11.7. The average molecular weight is 400 g/mol. The Kier molecular flexibility index (Phi) is 4.95. The van der Waals surface area contributed by atoms with Gasteiger partial charge in [0, 0.05) is 24.5 Å². The predicted molar refractivity (Wildman–Crippen MR) is 104 cm³/mol. The fourth-order valence-electron chi connectivity index (χ4n) is 2.80. The number of halogens is 3. The predicted octanol–water partition coefficient (Wildman–Crippen LogP) is 5.43. The summed E-state index contributed by atoms with van der Waals surface area (Å²) in [5, 5.41) is 3.56. The Bertz CT molecular complexity index is 1080. The molecule has 8 heteroatoms. The van der Waals surface area contributed by atoms with E-state index in [0.717, 1.165) is 18.1 Å². The molecule has 4 rings (SSSR count). The summed E-state index contributed by atoms with van der Waals surface area (Å²) in [6.07, 6.45) is -0.487. The number of aromatic nitrogens is 3. The lowest BCUT2D eigenvalue weighted by Gasteiger charge is -2.09. The lowest BCUT2D eigenvalue weighted by molar-refractivity contribution is -0.134. The second kappa shape index (κ2) is 7.55. The van der Waals surface area contributed by atoms with E-state index >= 15 is 0 Å². The minimum Gasteiger partial charge on any atom is -0.369 e. The summed E-state index contributed by atoms with van der Waals surface area (Å²) in [6, 6.07) is 14.4. The molecule has 1 aromatic carbocycles. The van der Waals surface area contributed by atoms with Crippen molar-refractivity contribution in [2.75, 3.05) is 11.9 Å². The summed E-state index contributed by atoms with van der Waals surface area (Å²) in [5.74, 6) is 0.771. The molecule has 3 aromatic heterocycles. The summed E-state index contributed by atoms with van der Waals surface area (Å²) in [5.41, 5.74) is 1.83. The number of rotatable bonds is 5. The Morgan fingerprint density at radius 3 is 2.43 bits per heavy atom. The Morgan fingerprint density at radius 2 is 1.71 bits per heavy atom. The second-order valence-corrected chi connectivity index (χ2v) is 7.15. The smallest absolute Gasteiger partial charge is 0.369 e. The number of nitrogens with zero attached hydrogens (tertiary/aromatic N) is 3. The van der Waals surface area contributed by atoms with Crippen molar-refractivity contribution in [1.29, 1.82) is 0 Å². The number of anilines is 1. The van der Waals surface area contributed by atoms with Crippen molar-refractivity contribution >= 4 is 27.4 Å². The van der Waals surface area contributed by atoms with E-state index in [2.05, 4.69) is 20.3 Å². The number of hydrogen-bond acceptors (Lipinski definition) is 5. The van der Waals surface area contributed by atoms with E-state index < -0.39 is 11.1 Å². The fourth-order valence-corrected chi connectivity index (χ4v) is 3.69. The molecule has 0 spiro atoms. The van der Waals surface area contributed by atoms with Gasteiger partial charge < -0.3 is 5.32 Å². The van der Waals surface area contributed by atoms with Crippen LogP contribution in [0.15, 0.2) is 60.9 Å². The number of benzene rings is 1. The zero-order valence-electron chi connectivity index (χ0n) is 14.6. The number of nitrogens with one attached hydrogen (secondary N) is 1. The maximum atomic E-state index is 13.2. The van der Waals surface area contributed by atoms with E-state index in [1.807, 2.05) is 30.3 Å². The highest BCUT2D eigenvalue weighted by Crippen LogP contribution is 2.39. The molecule has 4 aromatic rings. The molecule has 0 unspecified atom stereocenters. The average Bonchev–Trinajstić information content (AvgIpc) is 3.14. The van der Waals surface area contributed by atoms with Crippen molar-refractivity contribution in [3.05, 3.63) is 71.4 Å². The van der Waals surface area contributed by atoms with Gasteiger partial charge in [-0.1, -0.05) is 30.3 Å². The van der Waals surface area contributed by atoms with Crippen molar-refractivity contribution < 1.29 is 13.2 Å². The molecule has 0 aliphatic rings. The highest BCUT2D eigenvalue weighted by molar-refractivity contribution is 7.18. The first kappa shape index (κ1) is 18.4. The van der Waals surface area contributed by atoms with E-state index in [1.165, 1.54) is 0 Å². The Balaban J connectivity index is 1.70. The van der Waals surface area contributed by atoms with Gasteiger partial charge in [0.25, 0.3) is 0 Å². The molecular formula is C20H15F3N4S. The van der Waals surface area contributed by atoms with Crippen LogP contribution < -0.4 is 5.32 Å². The summed E-state index contributed by atoms with van der Waals surface area (Å²) >= 11 is 0.625. The molecule has 0 saturated heterocycles. The topological polar surface area (TPSA) is 50.7 Å². The number of alkyl halides is 3. The summed E-state index contributed by atoms with van der Waals surface area (Å²) in [4.78, 5) is 12.4. The van der Waals surface area contributed by atoms with Gasteiger partial charge in [0.1, 0.15) is 15.5 Å². The molecule has 0 aliphatic carbocycles. The number of fused-ring (bicyclic) bond motifs is 1. The van der Waals surface area contributed by atoms with Crippen LogP contribution in [0.1, 0.15) is 10.4 Å². The third kappa shape index (κ3) is 3.96. The van der Waals surface area contributed by atoms with Gasteiger partial charge >= 0.3 is 6.18 Å². The standard InChI is InChI=1S/C20H15F3N4S/c21-20(22,23)16-12-15-18(25-11-6-13-4-2-1-3-5-13)26-17(27-19(15)28-16)14-7-9-24-10-8-14/h1-5,7-10,12H,6,11H2,(H,25,26,27). The molecular weight excluding hydrogens is 385 g/mol. The van der Waals surface area contributed by atoms with Crippen molar-refractivity contribution in [3.8, 4) is 11.4 Å². The zero-order valence-corrected chi connectivity index (χ0v) is 15.4. The Labute approximate surface area is 163 Å². The third-order valence-corrected chi connectivity index (χ3v) is 5.23. The van der Waals surface area contributed by atoms with Crippen molar-refractivity contribution in [1.82, 2.24) is 15.0 Å². The van der Waals surface area contributed by atoms with Crippen LogP contribution in [0.4, 0.5) is 19.0 Å². The van der Waals surface area contributed by atoms with E-state index in [-0.39, 0.29) is 0 Å². The molecule has 28 heavy (non-hydrogen) atoms. The largest absolute Gasteiger partial charge is 0.425 e. The van der Waals surface area contributed by atoms with Gasteiger partial charge in [-0.25, -0.2) is 9.97 Å². The van der Waals surface area contributed by atoms with E-state index in [0.29, 0.717) is 45.3 Å². The van der Waals surface area contributed by atoms with E-state index in [1.54, 1.807) is 24.5 Å². The van der Waals surface area contributed by atoms with Gasteiger partial charge in [-0.05, 0) is 30.2 Å². The quantitative estimate of drug-likeness (QED) is 0.486. The van der Waals surface area contributed by atoms with Gasteiger partial charge in [-0.2, -0.15) is 13.2 Å². The number of hydrogen-bond donors (Lipinski definition) is 1. The molecule has 3 heterocycles. The molecule has 142 valence electrons. The van der Waals surface area contributed by atoms with Gasteiger partial charge in [-0.3, -0.25) is 4.98 Å². The van der Waals surface area contributed by atoms with Crippen LogP contribution in [0.3, 0.4) is 0 Å². The van der Waals surface area contributed by atoms with Crippen LogP contribution in [0, 0.1) is 0 Å². The molecule has 0 fully saturated rings. The monoisotopic (exact) mass is 400 g/mol. The number of thiophene rings is 1. The van der Waals surface area contributed by atoms with Gasteiger partial charge in [0.15, 0.2) is 5.82 Å². The minimum atomic E-state index is -4.41. The SMILES string of the molecule is FC(F)(F)c1cc2c(NCCc3ccccc3)nc(-c3ccncc3)nc2s1. The summed E-state index contributed by atoms with van der Waals surface area (Å²) in [7, 11) is 0. The van der Waals surface area contributed by atoms with Crippen molar-refractivity contribution in [2.24, 2.45) is 0 Å². The molecule has 1 N–H and O–H groups in total. The second-order valence-electron chi connectivity index (χ2n) is 6.12. The first-order chi connectivity index (χ1) is 13.5. The fraction of sp³-hybridized carbons (Fsp3) is 0.150. The van der Waals surface area contributed by atoms with Gasteiger partial charge in [0.05, 0.1) is 5.39 Å². The van der Waals surface area contributed by atoms with E-state index in [9.17, 15) is 13.2 Å². The lowest BCUT2D eigenvalue weighted by atomic mass is 10.1. The van der Waals surface area contributed by atoms with E-state index in [4.69, 9.17) is 0 Å². The van der Waals surface area contributed by atoms with Crippen molar-refractivity contribution in [3.63, 3.8) is 0 Å². The summed E-state index contributed by atoms with van der Waals surface area (Å²) < 4.78 is 39.6. The van der Waals surface area contributed by atoms with Gasteiger partial charge in [-0.15, -0.1) is 11.3 Å². The number of pyridine rings is 1. The van der Waals surface area contributed by atoms with Crippen LogP contribution in [0.25, 0.3) is 21.6 Å². The Hall–Kier alpha value is -3.00. The molecule has 0 aliphatic heterocycles. The van der Waals surface area contributed by atoms with Crippen LogP contribution in [0.2, 0.25) is 0 Å². The van der Waals surface area contributed by atoms with Crippen molar-refractivity contribution in [2.45, 2.75) is 12.6 Å². The third-order valence-electron chi connectivity index (χ3n) is 4.16. The molecule has 0 radical (unpaired) electrons. The zero-order chi connectivity index (χ0) is 19.6. The molecule has 0 atom stereocenters. The summed E-state index contributed by atoms with van der Waals surface area (Å²) in [6.45, 7) is 0.545. The highest BCUT2D eigenvalue weighted by atomic mass is 32.1. The highest BCUT2D eigenvalue weighted by Gasteiger charge is 2.33. The lowest BCUT2D eigenvalue weighted by Crippen LogP contribution is -2.07. The molecule has 0 amide bonds. The van der Waals surface area contributed by atoms with Crippen LogP contribution in [-0.2, 0) is 12.6 Å². The molecule has 0 saturated carbocycles.